The summed E-state index contributed by atoms with van der Waals surface area (Å²) in [6.07, 6.45) is 0. The van der Waals surface area contributed by atoms with E-state index in [-0.39, 0.29) is 42.6 Å². The molecule has 0 saturated carbocycles. The number of aryl methyl sites for hydroxylation is 1. The van der Waals surface area contributed by atoms with E-state index in [2.05, 4.69) is 16.0 Å². The highest BCUT2D eigenvalue weighted by Gasteiger charge is 2.17. The van der Waals surface area contributed by atoms with Crippen LogP contribution in [0.4, 0.5) is 11.4 Å². The van der Waals surface area contributed by atoms with Crippen LogP contribution < -0.4 is 21.7 Å². The third kappa shape index (κ3) is 6.97. The van der Waals surface area contributed by atoms with Gasteiger partial charge in [-0.05, 0) is 30.5 Å². The lowest BCUT2D eigenvalue weighted by molar-refractivity contribution is -0.125. The van der Waals surface area contributed by atoms with Crippen LogP contribution in [0.25, 0.3) is 0 Å². The van der Waals surface area contributed by atoms with Crippen molar-refractivity contribution >= 4 is 41.5 Å². The van der Waals surface area contributed by atoms with Crippen LogP contribution in [0.2, 0.25) is 0 Å². The average molecular weight is 357 g/mol. The SMILES string of the molecule is CC(=O)Nc1cc(NC(=O)CNC(=O)[C@@H](N)C(C)C)ccc1C.Cl. The summed E-state index contributed by atoms with van der Waals surface area (Å²) in [5.74, 6) is -0.924. The van der Waals surface area contributed by atoms with Gasteiger partial charge in [0.05, 0.1) is 12.6 Å². The molecule has 1 aromatic rings. The van der Waals surface area contributed by atoms with Crippen LogP contribution in [0, 0.1) is 12.8 Å². The summed E-state index contributed by atoms with van der Waals surface area (Å²) < 4.78 is 0. The molecule has 8 heteroatoms. The first-order valence-corrected chi connectivity index (χ1v) is 7.42. The maximum atomic E-state index is 11.9. The molecule has 0 unspecified atom stereocenters. The maximum Gasteiger partial charge on any atom is 0.243 e. The van der Waals surface area contributed by atoms with Crippen molar-refractivity contribution in [1.82, 2.24) is 5.32 Å². The van der Waals surface area contributed by atoms with Gasteiger partial charge in [0.1, 0.15) is 0 Å². The Labute approximate surface area is 148 Å². The van der Waals surface area contributed by atoms with Gasteiger partial charge in [-0.15, -0.1) is 12.4 Å². The van der Waals surface area contributed by atoms with E-state index >= 15 is 0 Å². The number of hydrogen-bond donors (Lipinski definition) is 4. The molecule has 0 heterocycles. The van der Waals surface area contributed by atoms with Gasteiger partial charge in [-0.25, -0.2) is 0 Å². The first-order chi connectivity index (χ1) is 10.7. The zero-order valence-electron chi connectivity index (χ0n) is 14.3. The lowest BCUT2D eigenvalue weighted by atomic mass is 10.1. The zero-order valence-corrected chi connectivity index (χ0v) is 15.1. The Morgan fingerprint density at radius 3 is 2.33 bits per heavy atom. The molecule has 0 fully saturated rings. The minimum atomic E-state index is -0.645. The van der Waals surface area contributed by atoms with Crippen molar-refractivity contribution in [3.8, 4) is 0 Å². The molecule has 0 aliphatic heterocycles. The number of amides is 3. The van der Waals surface area contributed by atoms with Crippen LogP contribution in [-0.2, 0) is 14.4 Å². The normalized spacial score (nSPS) is 11.2. The van der Waals surface area contributed by atoms with E-state index < -0.39 is 6.04 Å². The number of carbonyl (C=O) groups is 3. The van der Waals surface area contributed by atoms with Gasteiger partial charge in [-0.3, -0.25) is 14.4 Å². The smallest absolute Gasteiger partial charge is 0.243 e. The van der Waals surface area contributed by atoms with E-state index in [0.29, 0.717) is 11.4 Å². The predicted octanol–water partition coefficient (Wildman–Crippen LogP) is 1.41. The van der Waals surface area contributed by atoms with Gasteiger partial charge in [0.25, 0.3) is 0 Å². The monoisotopic (exact) mass is 356 g/mol. The fourth-order valence-corrected chi connectivity index (χ4v) is 1.82. The van der Waals surface area contributed by atoms with Gasteiger partial charge >= 0.3 is 0 Å². The van der Waals surface area contributed by atoms with Crippen LogP contribution in [0.1, 0.15) is 26.3 Å². The largest absolute Gasteiger partial charge is 0.346 e. The van der Waals surface area contributed by atoms with E-state index in [1.54, 1.807) is 18.2 Å². The van der Waals surface area contributed by atoms with Crippen molar-refractivity contribution in [2.75, 3.05) is 17.2 Å². The number of anilines is 2. The van der Waals surface area contributed by atoms with Crippen LogP contribution >= 0.6 is 12.4 Å². The molecule has 0 bridgehead atoms. The molecule has 0 saturated heterocycles. The Morgan fingerprint density at radius 1 is 1.17 bits per heavy atom. The molecule has 24 heavy (non-hydrogen) atoms. The van der Waals surface area contributed by atoms with Gasteiger partial charge < -0.3 is 21.7 Å². The third-order valence-corrected chi connectivity index (χ3v) is 3.28. The fourth-order valence-electron chi connectivity index (χ4n) is 1.82. The van der Waals surface area contributed by atoms with E-state index in [1.165, 1.54) is 6.92 Å². The van der Waals surface area contributed by atoms with E-state index in [0.717, 1.165) is 5.56 Å². The van der Waals surface area contributed by atoms with Crippen LogP contribution in [-0.4, -0.2) is 30.3 Å². The predicted molar refractivity (Wildman–Crippen MR) is 97.2 cm³/mol. The zero-order chi connectivity index (χ0) is 17.6. The number of rotatable bonds is 6. The average Bonchev–Trinajstić information content (AvgIpc) is 2.46. The molecule has 0 radical (unpaired) electrons. The van der Waals surface area contributed by atoms with E-state index in [9.17, 15) is 14.4 Å². The summed E-state index contributed by atoms with van der Waals surface area (Å²) in [6.45, 7) is 6.77. The van der Waals surface area contributed by atoms with Gasteiger partial charge in [-0.2, -0.15) is 0 Å². The van der Waals surface area contributed by atoms with Crippen molar-refractivity contribution in [1.29, 1.82) is 0 Å². The lowest BCUT2D eigenvalue weighted by Gasteiger charge is -2.15. The van der Waals surface area contributed by atoms with E-state index in [4.69, 9.17) is 5.73 Å². The van der Waals surface area contributed by atoms with Crippen molar-refractivity contribution in [2.24, 2.45) is 11.7 Å². The summed E-state index contributed by atoms with van der Waals surface area (Å²) >= 11 is 0. The van der Waals surface area contributed by atoms with Gasteiger partial charge in [-0.1, -0.05) is 19.9 Å². The number of halogens is 1. The highest BCUT2D eigenvalue weighted by Crippen LogP contribution is 2.20. The second-order valence-corrected chi connectivity index (χ2v) is 5.75. The number of hydrogen-bond acceptors (Lipinski definition) is 4. The Bertz CT molecular complexity index is 605. The second kappa shape index (κ2) is 9.89. The maximum absolute atomic E-state index is 11.9. The summed E-state index contributed by atoms with van der Waals surface area (Å²) in [6, 6.07) is 4.53. The minimum Gasteiger partial charge on any atom is -0.346 e. The number of carbonyl (C=O) groups excluding carboxylic acids is 3. The molecule has 0 aliphatic carbocycles. The Balaban J connectivity index is 0.00000529. The molecule has 0 aliphatic rings. The van der Waals surface area contributed by atoms with Gasteiger partial charge in [0.2, 0.25) is 17.7 Å². The molecular weight excluding hydrogens is 332 g/mol. The highest BCUT2D eigenvalue weighted by atomic mass is 35.5. The summed E-state index contributed by atoms with van der Waals surface area (Å²) in [5.41, 5.74) is 7.74. The first kappa shape index (κ1) is 21.9. The Hall–Kier alpha value is -2.12. The Kier molecular flexibility index (Phi) is 9.02. The quantitative estimate of drug-likeness (QED) is 0.617. The van der Waals surface area contributed by atoms with Crippen LogP contribution in [0.3, 0.4) is 0 Å². The number of nitrogens with two attached hydrogens (primary N) is 1. The molecular formula is C16H25ClN4O3. The van der Waals surface area contributed by atoms with Crippen molar-refractivity contribution < 1.29 is 14.4 Å². The molecule has 5 N–H and O–H groups in total. The molecule has 0 aromatic heterocycles. The summed E-state index contributed by atoms with van der Waals surface area (Å²) in [7, 11) is 0. The summed E-state index contributed by atoms with van der Waals surface area (Å²) in [4.78, 5) is 34.7. The minimum absolute atomic E-state index is 0. The molecule has 1 aromatic carbocycles. The van der Waals surface area contributed by atoms with E-state index in [1.807, 2.05) is 20.8 Å². The van der Waals surface area contributed by atoms with Crippen molar-refractivity contribution in [3.63, 3.8) is 0 Å². The molecule has 1 rings (SSSR count). The summed E-state index contributed by atoms with van der Waals surface area (Å²) in [5, 5.41) is 7.84. The highest BCUT2D eigenvalue weighted by molar-refractivity contribution is 5.96. The second-order valence-electron chi connectivity index (χ2n) is 5.75. The van der Waals surface area contributed by atoms with Gasteiger partial charge in [0, 0.05) is 18.3 Å². The number of nitrogens with one attached hydrogen (secondary N) is 3. The first-order valence-electron chi connectivity index (χ1n) is 7.42. The van der Waals surface area contributed by atoms with Crippen molar-refractivity contribution in [2.45, 2.75) is 33.7 Å². The van der Waals surface area contributed by atoms with Crippen LogP contribution in [0.5, 0.6) is 0 Å². The molecule has 7 nitrogen and oxygen atoms in total. The molecule has 1 atom stereocenters. The third-order valence-electron chi connectivity index (χ3n) is 3.28. The molecule has 0 spiro atoms. The number of benzene rings is 1. The molecule has 134 valence electrons. The van der Waals surface area contributed by atoms with Crippen LogP contribution in [0.15, 0.2) is 18.2 Å². The standard InChI is InChI=1S/C16H24N4O3.ClH/c1-9(2)15(17)16(23)18-8-14(22)20-12-6-5-10(3)13(7-12)19-11(4)21;/h5-7,9,15H,8,17H2,1-4H3,(H,18,23)(H,19,21)(H,20,22);1H/t15-;/m0./s1. The Morgan fingerprint density at radius 2 is 1.79 bits per heavy atom. The lowest BCUT2D eigenvalue weighted by Crippen LogP contribution is -2.46. The van der Waals surface area contributed by atoms with Crippen molar-refractivity contribution in [3.05, 3.63) is 23.8 Å². The fraction of sp³-hybridized carbons (Fsp3) is 0.438. The van der Waals surface area contributed by atoms with Gasteiger partial charge in [0.15, 0.2) is 0 Å². The molecule has 3 amide bonds. The topological polar surface area (TPSA) is 113 Å².